The van der Waals surface area contributed by atoms with E-state index in [0.29, 0.717) is 19.1 Å². The van der Waals surface area contributed by atoms with E-state index >= 15 is 0 Å². The van der Waals surface area contributed by atoms with Gasteiger partial charge in [-0.3, -0.25) is 19.8 Å². The Hall–Kier alpha value is -2.21. The lowest BCUT2D eigenvalue weighted by Gasteiger charge is -2.32. The van der Waals surface area contributed by atoms with E-state index in [-0.39, 0.29) is 29.9 Å². The molecule has 0 unspecified atom stereocenters. The maximum atomic E-state index is 11.5. The molecule has 29 heavy (non-hydrogen) atoms. The average Bonchev–Trinajstić information content (AvgIpc) is 3.27. The van der Waals surface area contributed by atoms with Crippen molar-refractivity contribution in [1.82, 2.24) is 36.0 Å². The van der Waals surface area contributed by atoms with Gasteiger partial charge in [-0.25, -0.2) is 4.98 Å². The number of halogens is 1. The Labute approximate surface area is 188 Å². The SMILES string of the molecule is CN=C(NCc1cccc(-c2ncn[nH]2)c1)NC1CCN(CC(=O)NC)CC1.I. The van der Waals surface area contributed by atoms with Gasteiger partial charge in [-0.05, 0) is 24.5 Å². The standard InChI is InChI=1S/C19H28N8O.HI/c1-20-17(28)12-27-8-6-16(7-9-27)25-19(21-2)22-11-14-4-3-5-15(10-14)18-23-13-24-26-18;/h3-5,10,13,16H,6-9,11-12H2,1-2H3,(H,20,28)(H2,21,22,25)(H,23,24,26);1H. The van der Waals surface area contributed by atoms with Gasteiger partial charge in [0, 0.05) is 45.3 Å². The van der Waals surface area contributed by atoms with E-state index in [4.69, 9.17) is 0 Å². The zero-order chi connectivity index (χ0) is 19.8. The summed E-state index contributed by atoms with van der Waals surface area (Å²) in [6, 6.07) is 8.51. The highest BCUT2D eigenvalue weighted by molar-refractivity contribution is 14.0. The molecule has 3 rings (SSSR count). The van der Waals surface area contributed by atoms with Crippen molar-refractivity contribution in [2.75, 3.05) is 33.7 Å². The van der Waals surface area contributed by atoms with Crippen LogP contribution in [0.3, 0.4) is 0 Å². The number of hydrogen-bond acceptors (Lipinski definition) is 5. The lowest BCUT2D eigenvalue weighted by molar-refractivity contribution is -0.122. The van der Waals surface area contributed by atoms with Crippen molar-refractivity contribution >= 4 is 35.8 Å². The molecule has 1 fully saturated rings. The van der Waals surface area contributed by atoms with Gasteiger partial charge in [0.05, 0.1) is 6.54 Å². The van der Waals surface area contributed by atoms with Crippen molar-refractivity contribution in [1.29, 1.82) is 0 Å². The van der Waals surface area contributed by atoms with Crippen LogP contribution in [0.2, 0.25) is 0 Å². The average molecular weight is 512 g/mol. The number of aromatic amines is 1. The van der Waals surface area contributed by atoms with Crippen LogP contribution in [-0.4, -0.2) is 71.7 Å². The number of likely N-dealkylation sites (N-methyl/N-ethyl adjacent to an activating group) is 1. The van der Waals surface area contributed by atoms with Crippen molar-refractivity contribution < 1.29 is 4.79 Å². The summed E-state index contributed by atoms with van der Waals surface area (Å²) in [5.74, 6) is 1.61. The molecule has 0 atom stereocenters. The van der Waals surface area contributed by atoms with Gasteiger partial charge in [0.25, 0.3) is 0 Å². The second kappa shape index (κ2) is 11.7. The molecule has 1 aliphatic rings. The largest absolute Gasteiger partial charge is 0.358 e. The quantitative estimate of drug-likeness (QED) is 0.261. The van der Waals surface area contributed by atoms with Crippen LogP contribution in [0.15, 0.2) is 35.6 Å². The first-order valence-corrected chi connectivity index (χ1v) is 9.52. The lowest BCUT2D eigenvalue weighted by atomic mass is 10.1. The Bertz CT molecular complexity index is 787. The number of hydrogen-bond donors (Lipinski definition) is 4. The number of carbonyl (C=O) groups is 1. The summed E-state index contributed by atoms with van der Waals surface area (Å²) in [6.07, 6.45) is 3.48. The Morgan fingerprint density at radius 1 is 1.34 bits per heavy atom. The fourth-order valence-corrected chi connectivity index (χ4v) is 3.26. The summed E-state index contributed by atoms with van der Waals surface area (Å²) >= 11 is 0. The van der Waals surface area contributed by atoms with Crippen molar-refractivity contribution in [2.45, 2.75) is 25.4 Å². The van der Waals surface area contributed by atoms with Gasteiger partial charge in [-0.2, -0.15) is 5.10 Å². The molecule has 0 aliphatic carbocycles. The fraction of sp³-hybridized carbons (Fsp3) is 0.474. The zero-order valence-electron chi connectivity index (χ0n) is 16.8. The third-order valence-electron chi connectivity index (χ3n) is 4.87. The van der Waals surface area contributed by atoms with E-state index in [0.717, 1.165) is 48.8 Å². The number of nitrogens with zero attached hydrogens (tertiary/aromatic N) is 4. The van der Waals surface area contributed by atoms with E-state index < -0.39 is 0 Å². The Kier molecular flexibility index (Phi) is 9.32. The van der Waals surface area contributed by atoms with E-state index in [1.807, 2.05) is 12.1 Å². The van der Waals surface area contributed by atoms with E-state index in [2.05, 4.69) is 53.2 Å². The molecule has 2 aromatic rings. The molecule has 0 spiro atoms. The molecule has 0 radical (unpaired) electrons. The maximum Gasteiger partial charge on any atom is 0.233 e. The van der Waals surface area contributed by atoms with Crippen molar-refractivity contribution in [3.63, 3.8) is 0 Å². The number of benzene rings is 1. The Balaban J connectivity index is 0.00000300. The normalized spacial score (nSPS) is 15.4. The highest BCUT2D eigenvalue weighted by Gasteiger charge is 2.21. The van der Waals surface area contributed by atoms with Gasteiger partial charge in [0.2, 0.25) is 5.91 Å². The molecule has 1 aromatic carbocycles. The Morgan fingerprint density at radius 3 is 2.79 bits per heavy atom. The smallest absolute Gasteiger partial charge is 0.233 e. The van der Waals surface area contributed by atoms with Gasteiger partial charge in [0.15, 0.2) is 11.8 Å². The summed E-state index contributed by atoms with van der Waals surface area (Å²) < 4.78 is 0. The number of aliphatic imine (C=N–C) groups is 1. The topological polar surface area (TPSA) is 110 Å². The summed E-state index contributed by atoms with van der Waals surface area (Å²) in [7, 11) is 3.45. The summed E-state index contributed by atoms with van der Waals surface area (Å²) in [5.41, 5.74) is 2.14. The van der Waals surface area contributed by atoms with E-state index in [1.165, 1.54) is 6.33 Å². The lowest BCUT2D eigenvalue weighted by Crippen LogP contribution is -2.49. The fourth-order valence-electron chi connectivity index (χ4n) is 3.26. The van der Waals surface area contributed by atoms with Crippen LogP contribution in [0.4, 0.5) is 0 Å². The van der Waals surface area contributed by atoms with Gasteiger partial charge in [-0.15, -0.1) is 24.0 Å². The van der Waals surface area contributed by atoms with Gasteiger partial charge >= 0.3 is 0 Å². The highest BCUT2D eigenvalue weighted by atomic mass is 127. The van der Waals surface area contributed by atoms with Crippen LogP contribution in [0.5, 0.6) is 0 Å². The minimum Gasteiger partial charge on any atom is -0.358 e. The van der Waals surface area contributed by atoms with E-state index in [9.17, 15) is 4.79 Å². The molecule has 2 heterocycles. The van der Waals surface area contributed by atoms with E-state index in [1.54, 1.807) is 14.1 Å². The first-order chi connectivity index (χ1) is 13.7. The first kappa shape index (κ1) is 23.1. The second-order valence-corrected chi connectivity index (χ2v) is 6.83. The van der Waals surface area contributed by atoms with Crippen LogP contribution in [0.25, 0.3) is 11.4 Å². The molecule has 158 valence electrons. The van der Waals surface area contributed by atoms with Gasteiger partial charge in [-0.1, -0.05) is 18.2 Å². The van der Waals surface area contributed by atoms with Crippen LogP contribution in [-0.2, 0) is 11.3 Å². The monoisotopic (exact) mass is 512 g/mol. The molecule has 1 aromatic heterocycles. The van der Waals surface area contributed by atoms with Crippen LogP contribution in [0.1, 0.15) is 18.4 Å². The molecular formula is C19H29IN8O. The molecule has 0 saturated carbocycles. The number of piperidine rings is 1. The highest BCUT2D eigenvalue weighted by Crippen LogP contribution is 2.15. The van der Waals surface area contributed by atoms with Crippen LogP contribution < -0.4 is 16.0 Å². The zero-order valence-corrected chi connectivity index (χ0v) is 19.1. The molecule has 4 N–H and O–H groups in total. The number of guanidine groups is 1. The molecule has 1 saturated heterocycles. The second-order valence-electron chi connectivity index (χ2n) is 6.83. The van der Waals surface area contributed by atoms with Crippen molar-refractivity contribution in [3.05, 3.63) is 36.2 Å². The van der Waals surface area contributed by atoms with Crippen LogP contribution in [0, 0.1) is 0 Å². The van der Waals surface area contributed by atoms with Gasteiger partial charge in [0.1, 0.15) is 6.33 Å². The number of nitrogens with one attached hydrogen (secondary N) is 4. The molecule has 1 aliphatic heterocycles. The minimum atomic E-state index is 0. The van der Waals surface area contributed by atoms with Crippen LogP contribution >= 0.6 is 24.0 Å². The summed E-state index contributed by atoms with van der Waals surface area (Å²) in [6.45, 7) is 2.94. The predicted octanol–water partition coefficient (Wildman–Crippen LogP) is 0.965. The summed E-state index contributed by atoms with van der Waals surface area (Å²) in [4.78, 5) is 22.2. The molecular weight excluding hydrogens is 483 g/mol. The molecule has 0 bridgehead atoms. The Morgan fingerprint density at radius 2 is 2.14 bits per heavy atom. The molecule has 9 nitrogen and oxygen atoms in total. The number of carbonyl (C=O) groups excluding carboxylic acids is 1. The number of likely N-dealkylation sites (tertiary alicyclic amines) is 1. The third-order valence-corrected chi connectivity index (χ3v) is 4.87. The minimum absolute atomic E-state index is 0. The number of rotatable bonds is 6. The van der Waals surface area contributed by atoms with Crippen molar-refractivity contribution in [3.8, 4) is 11.4 Å². The third kappa shape index (κ3) is 6.96. The predicted molar refractivity (Wildman–Crippen MR) is 124 cm³/mol. The maximum absolute atomic E-state index is 11.5. The number of aromatic nitrogens is 3. The van der Waals surface area contributed by atoms with Gasteiger partial charge < -0.3 is 16.0 Å². The number of amides is 1. The summed E-state index contributed by atoms with van der Waals surface area (Å²) in [5, 5.41) is 16.3. The molecule has 1 amide bonds. The number of H-pyrrole nitrogens is 1. The molecule has 10 heteroatoms. The first-order valence-electron chi connectivity index (χ1n) is 9.52. The van der Waals surface area contributed by atoms with Crippen molar-refractivity contribution in [2.24, 2.45) is 4.99 Å².